The maximum atomic E-state index is 13.8. The SMILES string of the molecule is COc1ccc(CNC(CN(C)C)C(C)C)c(F)c1. The summed E-state index contributed by atoms with van der Waals surface area (Å²) in [5.74, 6) is 0.831. The van der Waals surface area contributed by atoms with Crippen LogP contribution in [0.25, 0.3) is 0 Å². The van der Waals surface area contributed by atoms with Gasteiger partial charge in [-0.3, -0.25) is 0 Å². The van der Waals surface area contributed by atoms with Gasteiger partial charge in [-0.15, -0.1) is 0 Å². The van der Waals surface area contributed by atoms with E-state index in [4.69, 9.17) is 4.74 Å². The molecule has 19 heavy (non-hydrogen) atoms. The lowest BCUT2D eigenvalue weighted by molar-refractivity contribution is 0.287. The molecule has 108 valence electrons. The van der Waals surface area contributed by atoms with Gasteiger partial charge in [0.15, 0.2) is 0 Å². The van der Waals surface area contributed by atoms with Gasteiger partial charge >= 0.3 is 0 Å². The summed E-state index contributed by atoms with van der Waals surface area (Å²) in [5, 5.41) is 3.42. The van der Waals surface area contributed by atoms with Crippen LogP contribution in [0.1, 0.15) is 19.4 Å². The summed E-state index contributed by atoms with van der Waals surface area (Å²) in [4.78, 5) is 2.14. The number of hydrogen-bond donors (Lipinski definition) is 1. The first-order valence-electron chi connectivity index (χ1n) is 6.64. The van der Waals surface area contributed by atoms with Gasteiger partial charge in [-0.2, -0.15) is 0 Å². The van der Waals surface area contributed by atoms with E-state index in [1.807, 2.05) is 14.1 Å². The van der Waals surface area contributed by atoms with Crippen LogP contribution in [-0.2, 0) is 6.54 Å². The maximum absolute atomic E-state index is 13.8. The van der Waals surface area contributed by atoms with E-state index in [9.17, 15) is 4.39 Å². The van der Waals surface area contributed by atoms with Crippen LogP contribution in [0.4, 0.5) is 4.39 Å². The standard InChI is InChI=1S/C15H25FN2O/c1-11(2)15(10-18(3)4)17-9-12-6-7-13(19-5)8-14(12)16/h6-8,11,15,17H,9-10H2,1-5H3. The summed E-state index contributed by atoms with van der Waals surface area (Å²) in [6, 6.07) is 5.33. The van der Waals surface area contributed by atoms with Crippen LogP contribution in [0.3, 0.4) is 0 Å². The minimum Gasteiger partial charge on any atom is -0.497 e. The molecule has 0 radical (unpaired) electrons. The van der Waals surface area contributed by atoms with Crippen molar-refractivity contribution in [2.45, 2.75) is 26.4 Å². The monoisotopic (exact) mass is 268 g/mol. The van der Waals surface area contributed by atoms with Gasteiger partial charge in [0.1, 0.15) is 11.6 Å². The van der Waals surface area contributed by atoms with Crippen LogP contribution in [-0.4, -0.2) is 38.7 Å². The number of likely N-dealkylation sites (N-methyl/N-ethyl adjacent to an activating group) is 1. The van der Waals surface area contributed by atoms with Gasteiger partial charge in [-0.25, -0.2) is 4.39 Å². The first kappa shape index (κ1) is 15.9. The quantitative estimate of drug-likeness (QED) is 0.822. The summed E-state index contributed by atoms with van der Waals surface area (Å²) in [6.45, 7) is 5.82. The van der Waals surface area contributed by atoms with Crippen molar-refractivity contribution in [2.75, 3.05) is 27.7 Å². The first-order chi connectivity index (χ1) is 8.93. The molecular formula is C15H25FN2O. The molecule has 0 aliphatic rings. The molecule has 0 fully saturated rings. The summed E-state index contributed by atoms with van der Waals surface area (Å²) in [5.41, 5.74) is 0.671. The van der Waals surface area contributed by atoms with Crippen molar-refractivity contribution in [3.63, 3.8) is 0 Å². The van der Waals surface area contributed by atoms with Gasteiger partial charge in [0.25, 0.3) is 0 Å². The third kappa shape index (κ3) is 5.17. The van der Waals surface area contributed by atoms with E-state index in [1.54, 1.807) is 19.2 Å². The lowest BCUT2D eigenvalue weighted by Crippen LogP contribution is -2.41. The van der Waals surface area contributed by atoms with Crippen molar-refractivity contribution in [3.8, 4) is 5.75 Å². The van der Waals surface area contributed by atoms with Crippen LogP contribution in [0.15, 0.2) is 18.2 Å². The number of rotatable bonds is 7. The zero-order chi connectivity index (χ0) is 14.4. The fourth-order valence-corrected chi connectivity index (χ4v) is 1.94. The fourth-order valence-electron chi connectivity index (χ4n) is 1.94. The molecule has 1 atom stereocenters. The largest absolute Gasteiger partial charge is 0.497 e. The van der Waals surface area contributed by atoms with Gasteiger partial charge in [0.2, 0.25) is 0 Å². The van der Waals surface area contributed by atoms with Gasteiger partial charge in [-0.05, 0) is 26.1 Å². The highest BCUT2D eigenvalue weighted by Crippen LogP contribution is 2.16. The first-order valence-corrected chi connectivity index (χ1v) is 6.64. The molecule has 0 spiro atoms. The number of hydrogen-bond acceptors (Lipinski definition) is 3. The van der Waals surface area contributed by atoms with E-state index in [2.05, 4.69) is 24.1 Å². The molecule has 1 rings (SSSR count). The van der Waals surface area contributed by atoms with Crippen molar-refractivity contribution in [1.82, 2.24) is 10.2 Å². The molecule has 0 amide bonds. The normalized spacial score (nSPS) is 13.1. The Morgan fingerprint density at radius 1 is 1.32 bits per heavy atom. The highest BCUT2D eigenvalue weighted by molar-refractivity contribution is 5.28. The Kier molecular flexibility index (Phi) is 6.25. The van der Waals surface area contributed by atoms with Crippen molar-refractivity contribution in [1.29, 1.82) is 0 Å². The van der Waals surface area contributed by atoms with Crippen molar-refractivity contribution < 1.29 is 9.13 Å². The number of nitrogens with one attached hydrogen (secondary N) is 1. The fraction of sp³-hybridized carbons (Fsp3) is 0.600. The number of benzene rings is 1. The summed E-state index contributed by atoms with van der Waals surface area (Å²) >= 11 is 0. The molecule has 1 aromatic rings. The van der Waals surface area contributed by atoms with E-state index in [-0.39, 0.29) is 5.82 Å². The molecule has 1 aromatic carbocycles. The summed E-state index contributed by atoms with van der Waals surface area (Å²) in [7, 11) is 5.63. The Morgan fingerprint density at radius 3 is 2.47 bits per heavy atom. The molecule has 1 N–H and O–H groups in total. The molecule has 4 heteroatoms. The molecule has 1 unspecified atom stereocenters. The van der Waals surface area contributed by atoms with Crippen molar-refractivity contribution >= 4 is 0 Å². The molecule has 0 saturated carbocycles. The summed E-state index contributed by atoms with van der Waals surface area (Å²) in [6.07, 6.45) is 0. The lowest BCUT2D eigenvalue weighted by atomic mass is 10.0. The Hall–Kier alpha value is -1.13. The predicted molar refractivity (Wildman–Crippen MR) is 77.0 cm³/mol. The second-order valence-corrected chi connectivity index (χ2v) is 5.45. The number of methoxy groups -OCH3 is 1. The maximum Gasteiger partial charge on any atom is 0.131 e. The second-order valence-electron chi connectivity index (χ2n) is 5.45. The van der Waals surface area contributed by atoms with Crippen LogP contribution in [0, 0.1) is 11.7 Å². The molecule has 3 nitrogen and oxygen atoms in total. The average molecular weight is 268 g/mol. The Balaban J connectivity index is 2.63. The predicted octanol–water partition coefficient (Wildman–Crippen LogP) is 2.51. The molecule has 0 bridgehead atoms. The highest BCUT2D eigenvalue weighted by atomic mass is 19.1. The number of nitrogens with zero attached hydrogens (tertiary/aromatic N) is 1. The summed E-state index contributed by atoms with van der Waals surface area (Å²) < 4.78 is 18.8. The van der Waals surface area contributed by atoms with Crippen molar-refractivity contribution in [2.24, 2.45) is 5.92 Å². The van der Waals surface area contributed by atoms with Gasteiger partial charge in [-0.1, -0.05) is 19.9 Å². The van der Waals surface area contributed by atoms with Crippen LogP contribution < -0.4 is 10.1 Å². The van der Waals surface area contributed by atoms with E-state index in [0.717, 1.165) is 6.54 Å². The molecule has 0 heterocycles. The van der Waals surface area contributed by atoms with E-state index in [0.29, 0.717) is 29.8 Å². The molecule has 0 aliphatic heterocycles. The molecule has 0 saturated heterocycles. The Labute approximate surface area is 115 Å². The van der Waals surface area contributed by atoms with Crippen LogP contribution in [0.2, 0.25) is 0 Å². The van der Waals surface area contributed by atoms with Crippen molar-refractivity contribution in [3.05, 3.63) is 29.6 Å². The third-order valence-corrected chi connectivity index (χ3v) is 3.18. The van der Waals surface area contributed by atoms with Crippen LogP contribution >= 0.6 is 0 Å². The highest BCUT2D eigenvalue weighted by Gasteiger charge is 2.14. The lowest BCUT2D eigenvalue weighted by Gasteiger charge is -2.26. The molecule has 0 aliphatic carbocycles. The topological polar surface area (TPSA) is 24.5 Å². The average Bonchev–Trinajstić information content (AvgIpc) is 2.34. The number of halogens is 1. The Morgan fingerprint density at radius 2 is 2.00 bits per heavy atom. The van der Waals surface area contributed by atoms with E-state index in [1.165, 1.54) is 6.07 Å². The number of ether oxygens (including phenoxy) is 1. The second kappa shape index (κ2) is 7.46. The van der Waals surface area contributed by atoms with E-state index >= 15 is 0 Å². The van der Waals surface area contributed by atoms with Gasteiger partial charge in [0.05, 0.1) is 7.11 Å². The molecular weight excluding hydrogens is 243 g/mol. The minimum atomic E-state index is -0.223. The van der Waals surface area contributed by atoms with Gasteiger partial charge in [0, 0.05) is 30.8 Å². The third-order valence-electron chi connectivity index (χ3n) is 3.18. The Bertz CT molecular complexity index is 394. The minimum absolute atomic E-state index is 0.223. The zero-order valence-electron chi connectivity index (χ0n) is 12.5. The van der Waals surface area contributed by atoms with Gasteiger partial charge < -0.3 is 15.0 Å². The zero-order valence-corrected chi connectivity index (χ0v) is 12.5. The molecule has 0 aromatic heterocycles. The van der Waals surface area contributed by atoms with Crippen LogP contribution in [0.5, 0.6) is 5.75 Å². The smallest absolute Gasteiger partial charge is 0.131 e. The van der Waals surface area contributed by atoms with E-state index < -0.39 is 0 Å².